The zero-order valence-electron chi connectivity index (χ0n) is 19.6. The number of aliphatic hydroxyl groups excluding tert-OH is 1. The van der Waals surface area contributed by atoms with Crippen molar-refractivity contribution in [1.82, 2.24) is 19.6 Å². The van der Waals surface area contributed by atoms with Crippen molar-refractivity contribution in [2.75, 3.05) is 41.4 Å². The van der Waals surface area contributed by atoms with Crippen LogP contribution in [0.25, 0.3) is 5.76 Å². The zero-order chi connectivity index (χ0) is 23.7. The summed E-state index contributed by atoms with van der Waals surface area (Å²) in [6, 6.07) is 4.46. The van der Waals surface area contributed by atoms with Gasteiger partial charge in [0.25, 0.3) is 11.7 Å². The first kappa shape index (κ1) is 23.3. The predicted molar refractivity (Wildman–Crippen MR) is 120 cm³/mol. The number of aliphatic hydroxyl groups is 1. The highest BCUT2D eigenvalue weighted by atomic mass is 16.5. The topological polar surface area (TPSA) is 97.1 Å². The zero-order valence-corrected chi connectivity index (χ0v) is 19.6. The molecule has 32 heavy (non-hydrogen) atoms. The van der Waals surface area contributed by atoms with Gasteiger partial charge in [-0.25, -0.2) is 0 Å². The number of hydrogen-bond acceptors (Lipinski definition) is 7. The fourth-order valence-electron chi connectivity index (χ4n) is 4.04. The first-order valence-electron chi connectivity index (χ1n) is 10.3. The number of aromatic nitrogens is 2. The molecule has 0 aliphatic carbocycles. The van der Waals surface area contributed by atoms with Crippen LogP contribution in [0.3, 0.4) is 0 Å². The standard InChI is InChI=1S/C23H30N4O5/c1-13-18(14(2)26(5)24-13)21(28)19-20(15-8-9-16(31-6)17(12-15)32-7)27(11-10-25(3)4)23(30)22(19)29/h8-9,12,20,28H,10-11H2,1-7H3/b21-19+/t20-/m1/s1. The fourth-order valence-corrected chi connectivity index (χ4v) is 4.04. The number of ether oxygens (including phenoxy) is 2. The predicted octanol–water partition coefficient (Wildman–Crippen LogP) is 2.04. The Hall–Kier alpha value is -3.33. The third-order valence-corrected chi connectivity index (χ3v) is 5.80. The summed E-state index contributed by atoms with van der Waals surface area (Å²) in [7, 11) is 8.61. The van der Waals surface area contributed by atoms with Gasteiger partial charge in [0.05, 0.1) is 37.1 Å². The number of amides is 1. The summed E-state index contributed by atoms with van der Waals surface area (Å²) in [6.45, 7) is 4.44. The molecule has 1 atom stereocenters. The molecule has 2 aromatic rings. The molecule has 1 aromatic heterocycles. The van der Waals surface area contributed by atoms with Crippen LogP contribution < -0.4 is 9.47 Å². The second kappa shape index (κ2) is 9.04. The molecular weight excluding hydrogens is 412 g/mol. The Morgan fingerprint density at radius 2 is 1.81 bits per heavy atom. The Labute approximate surface area is 187 Å². The normalized spacial score (nSPS) is 18.0. The quantitative estimate of drug-likeness (QED) is 0.398. The molecule has 1 saturated heterocycles. The molecular formula is C23H30N4O5. The van der Waals surface area contributed by atoms with Crippen molar-refractivity contribution in [2.24, 2.45) is 7.05 Å². The van der Waals surface area contributed by atoms with Gasteiger partial charge in [-0.3, -0.25) is 14.3 Å². The molecule has 0 bridgehead atoms. The minimum Gasteiger partial charge on any atom is -0.507 e. The molecule has 0 unspecified atom stereocenters. The Bertz CT molecular complexity index is 1090. The number of nitrogens with zero attached hydrogens (tertiary/aromatic N) is 4. The number of benzene rings is 1. The number of likely N-dealkylation sites (tertiary alicyclic amines) is 1. The molecule has 3 rings (SSSR count). The lowest BCUT2D eigenvalue weighted by Crippen LogP contribution is -2.35. The average Bonchev–Trinajstić information content (AvgIpc) is 3.16. The number of ketones is 1. The van der Waals surface area contributed by atoms with Crippen molar-refractivity contribution in [3.05, 3.63) is 46.3 Å². The summed E-state index contributed by atoms with van der Waals surface area (Å²) >= 11 is 0. The Morgan fingerprint density at radius 3 is 2.34 bits per heavy atom. The van der Waals surface area contributed by atoms with E-state index in [1.807, 2.05) is 25.9 Å². The molecule has 0 spiro atoms. The van der Waals surface area contributed by atoms with Crippen molar-refractivity contribution < 1.29 is 24.2 Å². The van der Waals surface area contributed by atoms with Crippen LogP contribution in [-0.4, -0.2) is 77.8 Å². The number of carbonyl (C=O) groups excluding carboxylic acids is 2. The molecule has 1 fully saturated rings. The maximum absolute atomic E-state index is 13.2. The van der Waals surface area contributed by atoms with Crippen LogP contribution in [0.15, 0.2) is 23.8 Å². The lowest BCUT2D eigenvalue weighted by molar-refractivity contribution is -0.140. The van der Waals surface area contributed by atoms with E-state index in [0.717, 1.165) is 0 Å². The lowest BCUT2D eigenvalue weighted by Gasteiger charge is -2.27. The van der Waals surface area contributed by atoms with Gasteiger partial charge >= 0.3 is 0 Å². The minimum absolute atomic E-state index is 0.0418. The van der Waals surface area contributed by atoms with E-state index in [0.29, 0.717) is 47.1 Å². The molecule has 9 nitrogen and oxygen atoms in total. The molecule has 1 aliphatic heterocycles. The van der Waals surface area contributed by atoms with Crippen LogP contribution in [0, 0.1) is 13.8 Å². The van der Waals surface area contributed by atoms with Gasteiger partial charge in [-0.15, -0.1) is 0 Å². The van der Waals surface area contributed by atoms with Gasteiger partial charge < -0.3 is 24.4 Å². The molecule has 2 heterocycles. The molecule has 9 heteroatoms. The van der Waals surface area contributed by atoms with Gasteiger partial charge in [0.1, 0.15) is 5.76 Å². The Morgan fingerprint density at radius 1 is 1.16 bits per heavy atom. The number of Topliss-reactive ketones (excluding diaryl/α,β-unsaturated/α-hetero) is 1. The summed E-state index contributed by atoms with van der Waals surface area (Å²) < 4.78 is 12.4. The fraction of sp³-hybridized carbons (Fsp3) is 0.435. The second-order valence-electron chi connectivity index (χ2n) is 8.08. The number of rotatable bonds is 7. The van der Waals surface area contributed by atoms with Gasteiger partial charge in [-0.2, -0.15) is 5.10 Å². The maximum atomic E-state index is 13.2. The highest BCUT2D eigenvalue weighted by Crippen LogP contribution is 2.42. The number of likely N-dealkylation sites (N-methyl/N-ethyl adjacent to an activating group) is 1. The van der Waals surface area contributed by atoms with Crippen molar-refractivity contribution in [2.45, 2.75) is 19.9 Å². The molecule has 1 aliphatic rings. The molecule has 1 aromatic carbocycles. The van der Waals surface area contributed by atoms with E-state index in [-0.39, 0.29) is 11.3 Å². The van der Waals surface area contributed by atoms with Crippen LogP contribution >= 0.6 is 0 Å². The van der Waals surface area contributed by atoms with Crippen LogP contribution in [0.2, 0.25) is 0 Å². The third kappa shape index (κ3) is 3.95. The SMILES string of the molecule is COc1ccc([C@@H]2/C(=C(\O)c3c(C)nn(C)c3C)C(=O)C(=O)N2CCN(C)C)cc1OC. The largest absolute Gasteiger partial charge is 0.507 e. The molecule has 0 radical (unpaired) electrons. The Balaban J connectivity index is 2.24. The summed E-state index contributed by atoms with van der Waals surface area (Å²) in [5, 5.41) is 15.6. The van der Waals surface area contributed by atoms with E-state index >= 15 is 0 Å². The van der Waals surface area contributed by atoms with Crippen molar-refractivity contribution in [1.29, 1.82) is 0 Å². The van der Waals surface area contributed by atoms with Gasteiger partial charge in [0.15, 0.2) is 11.5 Å². The van der Waals surface area contributed by atoms with Gasteiger partial charge in [-0.05, 0) is 45.6 Å². The first-order chi connectivity index (χ1) is 15.1. The molecule has 1 N–H and O–H groups in total. The van der Waals surface area contributed by atoms with E-state index < -0.39 is 17.7 Å². The number of methoxy groups -OCH3 is 2. The van der Waals surface area contributed by atoms with Crippen molar-refractivity contribution in [3.63, 3.8) is 0 Å². The number of aryl methyl sites for hydroxylation is 2. The molecule has 172 valence electrons. The van der Waals surface area contributed by atoms with Gasteiger partial charge in [0.2, 0.25) is 0 Å². The summed E-state index contributed by atoms with van der Waals surface area (Å²) in [6.07, 6.45) is 0. The minimum atomic E-state index is -0.770. The van der Waals surface area contributed by atoms with E-state index in [1.54, 1.807) is 36.9 Å². The number of carbonyl (C=O) groups is 2. The van der Waals surface area contributed by atoms with Crippen LogP contribution in [-0.2, 0) is 16.6 Å². The third-order valence-electron chi connectivity index (χ3n) is 5.80. The summed E-state index contributed by atoms with van der Waals surface area (Å²) in [5.41, 5.74) is 2.42. The van der Waals surface area contributed by atoms with Crippen LogP contribution in [0.1, 0.15) is 28.6 Å². The highest BCUT2D eigenvalue weighted by Gasteiger charge is 2.46. The molecule has 1 amide bonds. The first-order valence-corrected chi connectivity index (χ1v) is 10.3. The van der Waals surface area contributed by atoms with Crippen molar-refractivity contribution >= 4 is 17.4 Å². The average molecular weight is 443 g/mol. The van der Waals surface area contributed by atoms with Crippen LogP contribution in [0.4, 0.5) is 0 Å². The smallest absolute Gasteiger partial charge is 0.295 e. The number of hydrogen-bond donors (Lipinski definition) is 1. The van der Waals surface area contributed by atoms with Crippen molar-refractivity contribution in [3.8, 4) is 11.5 Å². The van der Waals surface area contributed by atoms with Crippen LogP contribution in [0.5, 0.6) is 11.5 Å². The Kier molecular flexibility index (Phi) is 6.59. The van der Waals surface area contributed by atoms with E-state index in [1.165, 1.54) is 19.1 Å². The van der Waals surface area contributed by atoms with E-state index in [2.05, 4.69) is 5.10 Å². The second-order valence-corrected chi connectivity index (χ2v) is 8.08. The van der Waals surface area contributed by atoms with E-state index in [9.17, 15) is 14.7 Å². The molecule has 0 saturated carbocycles. The highest BCUT2D eigenvalue weighted by molar-refractivity contribution is 6.46. The van der Waals surface area contributed by atoms with E-state index in [4.69, 9.17) is 9.47 Å². The lowest BCUT2D eigenvalue weighted by atomic mass is 9.94. The monoisotopic (exact) mass is 442 g/mol. The summed E-state index contributed by atoms with van der Waals surface area (Å²) in [4.78, 5) is 29.6. The maximum Gasteiger partial charge on any atom is 0.295 e. The van der Waals surface area contributed by atoms with Gasteiger partial charge in [-0.1, -0.05) is 6.07 Å². The summed E-state index contributed by atoms with van der Waals surface area (Å²) in [5.74, 6) is -0.591. The van der Waals surface area contributed by atoms with Gasteiger partial charge in [0, 0.05) is 25.8 Å².